The zero-order valence-corrected chi connectivity index (χ0v) is 13.5. The number of aromatic nitrogens is 1. The van der Waals surface area contributed by atoms with Gasteiger partial charge in [0.1, 0.15) is 0 Å². The van der Waals surface area contributed by atoms with Gasteiger partial charge in [0, 0.05) is 11.9 Å². The van der Waals surface area contributed by atoms with Crippen LogP contribution < -0.4 is 4.90 Å². The summed E-state index contributed by atoms with van der Waals surface area (Å²) in [7, 11) is 0. The van der Waals surface area contributed by atoms with Gasteiger partial charge in [0.05, 0.1) is 17.0 Å². The summed E-state index contributed by atoms with van der Waals surface area (Å²) < 4.78 is 0.457. The highest BCUT2D eigenvalue weighted by molar-refractivity contribution is 8.27. The maximum atomic E-state index is 12.5. The Bertz CT molecular complexity index is 795. The lowest BCUT2D eigenvalue weighted by Crippen LogP contribution is -2.27. The number of benzene rings is 1. The number of H-pyrrole nitrogens is 1. The van der Waals surface area contributed by atoms with Crippen molar-refractivity contribution < 1.29 is 14.7 Å². The second kappa shape index (κ2) is 6.39. The Morgan fingerprint density at radius 3 is 2.65 bits per heavy atom. The van der Waals surface area contributed by atoms with E-state index in [0.717, 1.165) is 5.69 Å². The first-order valence-corrected chi connectivity index (χ1v) is 7.99. The maximum Gasteiger partial charge on any atom is 0.307 e. The van der Waals surface area contributed by atoms with E-state index in [4.69, 9.17) is 17.3 Å². The number of amides is 1. The number of thioether (sulfide) groups is 1. The number of hydrogen-bond acceptors (Lipinski definition) is 4. The number of rotatable bonds is 4. The van der Waals surface area contributed by atoms with Gasteiger partial charge in [-0.05, 0) is 35.9 Å². The molecule has 3 rings (SSSR count). The molecule has 0 bridgehead atoms. The number of anilines is 1. The summed E-state index contributed by atoms with van der Waals surface area (Å²) in [5.74, 6) is -1.07. The van der Waals surface area contributed by atoms with Gasteiger partial charge in [-0.25, -0.2) is 0 Å². The number of aliphatic carboxylic acids is 1. The molecule has 7 heteroatoms. The van der Waals surface area contributed by atoms with Gasteiger partial charge in [0.25, 0.3) is 5.91 Å². The molecule has 0 spiro atoms. The van der Waals surface area contributed by atoms with E-state index in [0.29, 0.717) is 20.5 Å². The number of nitrogens with one attached hydrogen (secondary N) is 1. The number of carboxylic acids is 1. The van der Waals surface area contributed by atoms with Crippen LogP contribution in [0.3, 0.4) is 0 Å². The number of carbonyl (C=O) groups is 2. The van der Waals surface area contributed by atoms with Gasteiger partial charge in [-0.1, -0.05) is 36.1 Å². The van der Waals surface area contributed by atoms with Gasteiger partial charge >= 0.3 is 5.97 Å². The van der Waals surface area contributed by atoms with Gasteiger partial charge in [-0.2, -0.15) is 0 Å². The Kier molecular flexibility index (Phi) is 4.31. The molecule has 0 aliphatic carbocycles. The Labute approximate surface area is 142 Å². The lowest BCUT2D eigenvalue weighted by Gasteiger charge is -2.14. The number of hydrogen-bond donors (Lipinski definition) is 2. The Hall–Kier alpha value is -2.38. The van der Waals surface area contributed by atoms with Crippen LogP contribution >= 0.6 is 24.0 Å². The molecule has 2 heterocycles. The highest BCUT2D eigenvalue weighted by Gasteiger charge is 2.33. The first-order valence-electron chi connectivity index (χ1n) is 6.76. The van der Waals surface area contributed by atoms with Gasteiger partial charge < -0.3 is 10.1 Å². The first kappa shape index (κ1) is 15.5. The van der Waals surface area contributed by atoms with E-state index in [1.807, 2.05) is 12.1 Å². The summed E-state index contributed by atoms with van der Waals surface area (Å²) in [6, 6.07) is 10.5. The smallest absolute Gasteiger partial charge is 0.307 e. The lowest BCUT2D eigenvalue weighted by molar-refractivity contribution is -0.136. The Balaban J connectivity index is 1.84. The van der Waals surface area contributed by atoms with Crippen molar-refractivity contribution in [1.29, 1.82) is 0 Å². The average molecular weight is 344 g/mol. The molecule has 1 saturated heterocycles. The minimum absolute atomic E-state index is 0.0502. The molecule has 1 aromatic carbocycles. The standard InChI is InChI=1S/C16H12N2O3S2/c19-14(20)8-10-3-5-12(6-4-10)18-15(21)13(23-16(18)22)9-11-2-1-7-17-11/h1-7,9,17H,8H2,(H,19,20)/b13-9+. The normalized spacial score (nSPS) is 16.3. The van der Waals surface area contributed by atoms with E-state index in [-0.39, 0.29) is 12.3 Å². The second-order valence-electron chi connectivity index (χ2n) is 4.88. The molecule has 2 aromatic rings. The summed E-state index contributed by atoms with van der Waals surface area (Å²) in [6.45, 7) is 0. The average Bonchev–Trinajstić information content (AvgIpc) is 3.09. The lowest BCUT2D eigenvalue weighted by atomic mass is 10.1. The third-order valence-electron chi connectivity index (χ3n) is 3.25. The molecule has 1 amide bonds. The van der Waals surface area contributed by atoms with Crippen molar-refractivity contribution in [1.82, 2.24) is 4.98 Å². The van der Waals surface area contributed by atoms with Gasteiger partial charge in [-0.15, -0.1) is 0 Å². The quantitative estimate of drug-likeness (QED) is 0.659. The minimum atomic E-state index is -0.891. The van der Waals surface area contributed by atoms with Gasteiger partial charge in [0.2, 0.25) is 0 Å². The number of aromatic amines is 1. The van der Waals surface area contributed by atoms with Crippen LogP contribution in [0, 0.1) is 0 Å². The van der Waals surface area contributed by atoms with Crippen molar-refractivity contribution >= 4 is 51.9 Å². The van der Waals surface area contributed by atoms with Crippen molar-refractivity contribution in [2.45, 2.75) is 6.42 Å². The summed E-state index contributed by atoms with van der Waals surface area (Å²) in [5.41, 5.74) is 2.15. The molecule has 0 atom stereocenters. The van der Waals surface area contributed by atoms with Crippen LogP contribution in [0.1, 0.15) is 11.3 Å². The van der Waals surface area contributed by atoms with Crippen LogP contribution in [0.15, 0.2) is 47.5 Å². The topological polar surface area (TPSA) is 73.4 Å². The van der Waals surface area contributed by atoms with Crippen LogP contribution in [-0.2, 0) is 16.0 Å². The van der Waals surface area contributed by atoms with E-state index in [1.165, 1.54) is 16.7 Å². The fourth-order valence-electron chi connectivity index (χ4n) is 2.20. The van der Waals surface area contributed by atoms with Crippen molar-refractivity contribution in [3.63, 3.8) is 0 Å². The molecule has 0 radical (unpaired) electrons. The molecular formula is C16H12N2O3S2. The summed E-state index contributed by atoms with van der Waals surface area (Å²) in [6.07, 6.45) is 3.50. The number of carbonyl (C=O) groups excluding carboxylic acids is 1. The van der Waals surface area contributed by atoms with Crippen LogP contribution in [0.2, 0.25) is 0 Å². The zero-order valence-electron chi connectivity index (χ0n) is 11.9. The van der Waals surface area contributed by atoms with E-state index in [1.54, 1.807) is 36.5 Å². The molecule has 0 unspecified atom stereocenters. The van der Waals surface area contributed by atoms with E-state index in [9.17, 15) is 9.59 Å². The largest absolute Gasteiger partial charge is 0.481 e. The molecule has 23 heavy (non-hydrogen) atoms. The van der Waals surface area contributed by atoms with Crippen LogP contribution in [-0.4, -0.2) is 26.3 Å². The van der Waals surface area contributed by atoms with Crippen LogP contribution in [0.4, 0.5) is 5.69 Å². The summed E-state index contributed by atoms with van der Waals surface area (Å²) >= 11 is 6.54. The Morgan fingerprint density at radius 1 is 1.30 bits per heavy atom. The monoisotopic (exact) mass is 344 g/mol. The maximum absolute atomic E-state index is 12.5. The van der Waals surface area contributed by atoms with Crippen LogP contribution in [0.5, 0.6) is 0 Å². The summed E-state index contributed by atoms with van der Waals surface area (Å²) in [5, 5.41) is 8.79. The highest BCUT2D eigenvalue weighted by Crippen LogP contribution is 2.35. The van der Waals surface area contributed by atoms with E-state index >= 15 is 0 Å². The molecule has 1 aromatic heterocycles. The molecular weight excluding hydrogens is 332 g/mol. The molecule has 1 fully saturated rings. The number of nitrogens with zero attached hydrogens (tertiary/aromatic N) is 1. The van der Waals surface area contributed by atoms with Crippen molar-refractivity contribution in [3.8, 4) is 0 Å². The summed E-state index contributed by atoms with van der Waals surface area (Å²) in [4.78, 5) is 28.3. The molecule has 2 N–H and O–H groups in total. The SMILES string of the molecule is O=C(O)Cc1ccc(N2C(=O)/C(=C\c3ccc[nH]3)SC2=S)cc1. The predicted octanol–water partition coefficient (Wildman–Crippen LogP) is 3.05. The molecule has 5 nitrogen and oxygen atoms in total. The predicted molar refractivity (Wildman–Crippen MR) is 94.2 cm³/mol. The number of carboxylic acid groups (broad SMARTS) is 1. The highest BCUT2D eigenvalue weighted by atomic mass is 32.2. The molecule has 1 aliphatic rings. The first-order chi connectivity index (χ1) is 11.0. The molecule has 1 aliphatic heterocycles. The van der Waals surface area contributed by atoms with Crippen LogP contribution in [0.25, 0.3) is 6.08 Å². The molecule has 0 saturated carbocycles. The number of thiocarbonyl (C=S) groups is 1. The minimum Gasteiger partial charge on any atom is -0.481 e. The zero-order chi connectivity index (χ0) is 16.4. The third kappa shape index (κ3) is 3.35. The van der Waals surface area contributed by atoms with Gasteiger partial charge in [0.15, 0.2) is 4.32 Å². The second-order valence-corrected chi connectivity index (χ2v) is 6.56. The van der Waals surface area contributed by atoms with E-state index in [2.05, 4.69) is 4.98 Å². The Morgan fingerprint density at radius 2 is 2.04 bits per heavy atom. The van der Waals surface area contributed by atoms with Crippen molar-refractivity contribution in [2.75, 3.05) is 4.90 Å². The van der Waals surface area contributed by atoms with Gasteiger partial charge in [-0.3, -0.25) is 14.5 Å². The fourth-order valence-corrected chi connectivity index (χ4v) is 3.49. The fraction of sp³-hybridized carbons (Fsp3) is 0.0625. The molecule has 116 valence electrons. The van der Waals surface area contributed by atoms with E-state index < -0.39 is 5.97 Å². The third-order valence-corrected chi connectivity index (χ3v) is 4.55. The van der Waals surface area contributed by atoms with Crippen molar-refractivity contribution in [2.24, 2.45) is 0 Å². The van der Waals surface area contributed by atoms with Crippen molar-refractivity contribution in [3.05, 3.63) is 58.8 Å².